The lowest BCUT2D eigenvalue weighted by molar-refractivity contribution is -0.121. The number of nitrogen functional groups attached to an aromatic ring is 1. The smallest absolute Gasteiger partial charge is 0.236 e. The number of nitrogens with zero attached hydrogens (tertiary/aromatic N) is 3. The summed E-state index contributed by atoms with van der Waals surface area (Å²) >= 11 is 5.58. The highest BCUT2D eigenvalue weighted by molar-refractivity contribution is 6.28. The van der Waals surface area contributed by atoms with Crippen molar-refractivity contribution < 1.29 is 9.59 Å². The molecule has 0 spiro atoms. The van der Waals surface area contributed by atoms with Gasteiger partial charge in [-0.3, -0.25) is 14.5 Å². The Morgan fingerprint density at radius 3 is 2.80 bits per heavy atom. The molecular weight excluding hydrogens is 220 g/mol. The van der Waals surface area contributed by atoms with Crippen molar-refractivity contribution in [2.45, 2.75) is 6.42 Å². The van der Waals surface area contributed by atoms with Crippen molar-refractivity contribution in [1.82, 2.24) is 9.97 Å². The van der Waals surface area contributed by atoms with Gasteiger partial charge < -0.3 is 5.73 Å². The molecule has 0 aromatic carbocycles. The van der Waals surface area contributed by atoms with Crippen LogP contribution in [0, 0.1) is 0 Å². The van der Waals surface area contributed by atoms with Crippen molar-refractivity contribution in [3.63, 3.8) is 0 Å². The van der Waals surface area contributed by atoms with Gasteiger partial charge in [-0.05, 0) is 11.6 Å². The van der Waals surface area contributed by atoms with Crippen LogP contribution < -0.4 is 10.6 Å². The van der Waals surface area contributed by atoms with Crippen molar-refractivity contribution in [3.05, 3.63) is 11.5 Å². The SMILES string of the molecule is Nc1cnc(Cl)nc1N1CC(=O)CC1=O. The molecule has 1 aliphatic rings. The second-order valence-corrected chi connectivity index (χ2v) is 3.45. The third-order valence-corrected chi connectivity index (χ3v) is 2.19. The molecule has 1 saturated heterocycles. The molecule has 1 fully saturated rings. The lowest BCUT2D eigenvalue weighted by Crippen LogP contribution is -2.26. The number of Topliss-reactive ketones (excluding diaryl/α,β-unsaturated/α-hetero) is 1. The monoisotopic (exact) mass is 226 g/mol. The second-order valence-electron chi connectivity index (χ2n) is 3.11. The molecule has 15 heavy (non-hydrogen) atoms. The summed E-state index contributed by atoms with van der Waals surface area (Å²) in [6, 6.07) is 0. The fourth-order valence-corrected chi connectivity index (χ4v) is 1.48. The minimum Gasteiger partial charge on any atom is -0.394 e. The van der Waals surface area contributed by atoms with E-state index in [4.69, 9.17) is 17.3 Å². The Morgan fingerprint density at radius 2 is 2.20 bits per heavy atom. The molecule has 1 amide bonds. The number of amides is 1. The van der Waals surface area contributed by atoms with Crippen LogP contribution in [-0.2, 0) is 9.59 Å². The van der Waals surface area contributed by atoms with Gasteiger partial charge in [-0.15, -0.1) is 0 Å². The largest absolute Gasteiger partial charge is 0.394 e. The van der Waals surface area contributed by atoms with Crippen LogP contribution in [0.4, 0.5) is 11.5 Å². The van der Waals surface area contributed by atoms with Crippen LogP contribution in [0.2, 0.25) is 5.28 Å². The maximum absolute atomic E-state index is 11.4. The van der Waals surface area contributed by atoms with E-state index in [1.807, 2.05) is 0 Å². The molecule has 2 heterocycles. The zero-order chi connectivity index (χ0) is 11.0. The van der Waals surface area contributed by atoms with Gasteiger partial charge in [-0.1, -0.05) is 0 Å². The van der Waals surface area contributed by atoms with Crippen LogP contribution in [0.15, 0.2) is 6.20 Å². The molecular formula is C8H7ClN4O2. The number of ketones is 1. The van der Waals surface area contributed by atoms with Crippen molar-refractivity contribution in [3.8, 4) is 0 Å². The topological polar surface area (TPSA) is 89.2 Å². The molecule has 78 valence electrons. The standard InChI is InChI=1S/C8H7ClN4O2/c9-8-11-2-5(10)7(12-8)13-3-4(14)1-6(13)15/h2H,1,3,10H2. The van der Waals surface area contributed by atoms with E-state index in [1.54, 1.807) is 0 Å². The maximum atomic E-state index is 11.4. The zero-order valence-electron chi connectivity index (χ0n) is 7.61. The van der Waals surface area contributed by atoms with Gasteiger partial charge in [0.1, 0.15) is 0 Å². The van der Waals surface area contributed by atoms with Gasteiger partial charge in [0.15, 0.2) is 11.6 Å². The van der Waals surface area contributed by atoms with E-state index in [0.717, 1.165) is 0 Å². The highest BCUT2D eigenvalue weighted by Crippen LogP contribution is 2.24. The summed E-state index contributed by atoms with van der Waals surface area (Å²) in [6.45, 7) is -0.00360. The Labute approximate surface area is 90.1 Å². The number of nitrogens with two attached hydrogens (primary N) is 1. The second kappa shape index (κ2) is 3.47. The summed E-state index contributed by atoms with van der Waals surface area (Å²) in [5, 5.41) is -0.00801. The highest BCUT2D eigenvalue weighted by Gasteiger charge is 2.30. The van der Waals surface area contributed by atoms with E-state index in [-0.39, 0.29) is 41.4 Å². The Kier molecular flexibility index (Phi) is 2.28. The fourth-order valence-electron chi connectivity index (χ4n) is 1.36. The normalized spacial score (nSPS) is 16.2. The van der Waals surface area contributed by atoms with Crippen LogP contribution in [0.25, 0.3) is 0 Å². The molecule has 2 rings (SSSR count). The summed E-state index contributed by atoms with van der Waals surface area (Å²) in [4.78, 5) is 31.1. The summed E-state index contributed by atoms with van der Waals surface area (Å²) in [6.07, 6.45) is 1.20. The predicted octanol–water partition coefficient (Wildman–Crippen LogP) is 0.0180. The maximum Gasteiger partial charge on any atom is 0.236 e. The Morgan fingerprint density at radius 1 is 1.47 bits per heavy atom. The molecule has 0 unspecified atom stereocenters. The molecule has 0 saturated carbocycles. The van der Waals surface area contributed by atoms with Crippen molar-refractivity contribution in [2.24, 2.45) is 0 Å². The van der Waals surface area contributed by atoms with E-state index in [0.29, 0.717) is 0 Å². The molecule has 0 bridgehead atoms. The Balaban J connectivity index is 2.41. The van der Waals surface area contributed by atoms with E-state index in [9.17, 15) is 9.59 Å². The van der Waals surface area contributed by atoms with Gasteiger partial charge >= 0.3 is 0 Å². The summed E-state index contributed by atoms with van der Waals surface area (Å²) in [7, 11) is 0. The average Bonchev–Trinajstić information content (AvgIpc) is 2.50. The number of anilines is 2. The Bertz CT molecular complexity index is 448. The van der Waals surface area contributed by atoms with Crippen molar-refractivity contribution in [1.29, 1.82) is 0 Å². The summed E-state index contributed by atoms with van der Waals surface area (Å²) < 4.78 is 0. The van der Waals surface area contributed by atoms with Gasteiger partial charge in [0.2, 0.25) is 11.2 Å². The van der Waals surface area contributed by atoms with Crippen LogP contribution in [-0.4, -0.2) is 28.2 Å². The lowest BCUT2D eigenvalue weighted by atomic mass is 10.3. The molecule has 0 radical (unpaired) electrons. The summed E-state index contributed by atoms with van der Waals surface area (Å²) in [5.74, 6) is -0.276. The molecule has 7 heteroatoms. The van der Waals surface area contributed by atoms with Gasteiger partial charge in [0, 0.05) is 0 Å². The van der Waals surface area contributed by atoms with Crippen molar-refractivity contribution >= 4 is 34.8 Å². The van der Waals surface area contributed by atoms with Crippen LogP contribution in [0.1, 0.15) is 6.42 Å². The van der Waals surface area contributed by atoms with Crippen LogP contribution >= 0.6 is 11.6 Å². The number of carbonyl (C=O) groups is 2. The van der Waals surface area contributed by atoms with E-state index >= 15 is 0 Å². The van der Waals surface area contributed by atoms with E-state index < -0.39 is 0 Å². The first-order valence-electron chi connectivity index (χ1n) is 4.18. The predicted molar refractivity (Wildman–Crippen MR) is 53.4 cm³/mol. The molecule has 0 aliphatic carbocycles. The third kappa shape index (κ3) is 1.75. The third-order valence-electron chi connectivity index (χ3n) is 2.01. The molecule has 1 aromatic rings. The van der Waals surface area contributed by atoms with Gasteiger partial charge in [0.05, 0.1) is 24.8 Å². The minimum atomic E-state index is -0.318. The minimum absolute atomic E-state index is 0.00360. The summed E-state index contributed by atoms with van der Waals surface area (Å²) in [5.41, 5.74) is 5.81. The molecule has 1 aliphatic heterocycles. The fraction of sp³-hybridized carbons (Fsp3) is 0.250. The van der Waals surface area contributed by atoms with Gasteiger partial charge in [0.25, 0.3) is 0 Å². The van der Waals surface area contributed by atoms with Crippen LogP contribution in [0.5, 0.6) is 0 Å². The van der Waals surface area contributed by atoms with Gasteiger partial charge in [-0.2, -0.15) is 4.98 Å². The van der Waals surface area contributed by atoms with E-state index in [1.165, 1.54) is 11.1 Å². The highest BCUT2D eigenvalue weighted by atomic mass is 35.5. The Hall–Kier alpha value is -1.69. The van der Waals surface area contributed by atoms with Gasteiger partial charge in [-0.25, -0.2) is 4.98 Å². The number of halogens is 1. The van der Waals surface area contributed by atoms with Crippen LogP contribution in [0.3, 0.4) is 0 Å². The molecule has 6 nitrogen and oxygen atoms in total. The average molecular weight is 227 g/mol. The first kappa shape index (κ1) is 9.85. The number of hydrogen-bond acceptors (Lipinski definition) is 5. The number of carbonyl (C=O) groups excluding carboxylic acids is 2. The lowest BCUT2D eigenvalue weighted by Gasteiger charge is -2.14. The number of hydrogen-bond donors (Lipinski definition) is 1. The van der Waals surface area contributed by atoms with E-state index in [2.05, 4.69) is 9.97 Å². The first-order valence-corrected chi connectivity index (χ1v) is 4.56. The quantitative estimate of drug-likeness (QED) is 0.539. The molecule has 2 N–H and O–H groups in total. The zero-order valence-corrected chi connectivity index (χ0v) is 8.36. The first-order chi connectivity index (χ1) is 7.08. The number of rotatable bonds is 1. The molecule has 0 atom stereocenters. The van der Waals surface area contributed by atoms with Crippen molar-refractivity contribution in [2.75, 3.05) is 17.2 Å². The molecule has 1 aromatic heterocycles. The number of aromatic nitrogens is 2.